The van der Waals surface area contributed by atoms with Crippen LogP contribution in [0.3, 0.4) is 0 Å². The van der Waals surface area contributed by atoms with E-state index >= 15 is 0 Å². The Kier molecular flexibility index (Phi) is 7.28. The molecule has 3 rings (SSSR count). The summed E-state index contributed by atoms with van der Waals surface area (Å²) >= 11 is 3.41. The van der Waals surface area contributed by atoms with E-state index in [-0.39, 0.29) is 30.2 Å². The second-order valence-electron chi connectivity index (χ2n) is 5.92. The molecule has 8 heteroatoms. The fourth-order valence-corrected chi connectivity index (χ4v) is 3.35. The monoisotopic (exact) mass is 428 g/mol. The van der Waals surface area contributed by atoms with Crippen molar-refractivity contribution in [3.05, 3.63) is 46.7 Å². The molecule has 1 amide bonds. The van der Waals surface area contributed by atoms with E-state index in [4.69, 9.17) is 4.74 Å². The van der Waals surface area contributed by atoms with E-state index in [2.05, 4.69) is 31.7 Å². The molecule has 1 saturated heterocycles. The molecule has 2 N–H and O–H groups in total. The van der Waals surface area contributed by atoms with Gasteiger partial charge >= 0.3 is 0 Å². The topological polar surface area (TPSA) is 68.2 Å². The van der Waals surface area contributed by atoms with Crippen LogP contribution in [-0.4, -0.2) is 41.9 Å². The van der Waals surface area contributed by atoms with Crippen LogP contribution in [0.15, 0.2) is 41.1 Å². The quantitative estimate of drug-likeness (QED) is 0.690. The Morgan fingerprint density at radius 2 is 2.32 bits per heavy atom. The molecule has 2 aromatic rings. The van der Waals surface area contributed by atoms with E-state index in [1.807, 2.05) is 43.7 Å². The van der Waals surface area contributed by atoms with Gasteiger partial charge in [-0.25, -0.2) is 0 Å². The number of benzene rings is 1. The van der Waals surface area contributed by atoms with Crippen molar-refractivity contribution < 1.29 is 9.53 Å². The summed E-state index contributed by atoms with van der Waals surface area (Å²) in [4.78, 5) is 12.5. The standard InChI is InChI=1S/C17H21BrN4O2.ClH/c1-22-11-12(8-21-22)15-9-19-10-16(15)17(23)20-5-6-24-14-4-2-3-13(18)7-14;/h2-4,7-8,11,15-16,19H,5-6,9-10H2,1H3,(H,20,23);1H/t15-,16+;/m1./s1. The van der Waals surface area contributed by atoms with Gasteiger partial charge in [-0.15, -0.1) is 12.4 Å². The fraction of sp³-hybridized carbons (Fsp3) is 0.412. The van der Waals surface area contributed by atoms with Crippen LogP contribution in [0.2, 0.25) is 0 Å². The summed E-state index contributed by atoms with van der Waals surface area (Å²) in [6.07, 6.45) is 3.82. The smallest absolute Gasteiger partial charge is 0.225 e. The van der Waals surface area contributed by atoms with E-state index in [1.54, 1.807) is 4.68 Å². The molecule has 1 aromatic heterocycles. The van der Waals surface area contributed by atoms with Crippen molar-refractivity contribution in [2.45, 2.75) is 5.92 Å². The van der Waals surface area contributed by atoms with Crippen molar-refractivity contribution in [1.29, 1.82) is 0 Å². The molecule has 1 fully saturated rings. The van der Waals surface area contributed by atoms with Gasteiger partial charge in [0.1, 0.15) is 12.4 Å². The SMILES string of the molecule is Cl.Cn1cc([C@H]2CNC[C@@H]2C(=O)NCCOc2cccc(Br)c2)cn1. The lowest BCUT2D eigenvalue weighted by atomic mass is 9.90. The zero-order chi connectivity index (χ0) is 16.9. The van der Waals surface area contributed by atoms with Gasteiger partial charge in [0.05, 0.1) is 18.7 Å². The second-order valence-corrected chi connectivity index (χ2v) is 6.83. The van der Waals surface area contributed by atoms with E-state index in [1.165, 1.54) is 0 Å². The van der Waals surface area contributed by atoms with Crippen LogP contribution in [-0.2, 0) is 11.8 Å². The predicted octanol–water partition coefficient (Wildman–Crippen LogP) is 2.10. The summed E-state index contributed by atoms with van der Waals surface area (Å²) in [5.41, 5.74) is 1.10. The van der Waals surface area contributed by atoms with Crippen LogP contribution in [0.25, 0.3) is 0 Å². The lowest BCUT2D eigenvalue weighted by Crippen LogP contribution is -2.36. The molecule has 6 nitrogen and oxygen atoms in total. The van der Waals surface area contributed by atoms with E-state index in [9.17, 15) is 4.79 Å². The average Bonchev–Trinajstić information content (AvgIpc) is 3.20. The molecule has 0 aliphatic carbocycles. The first-order valence-electron chi connectivity index (χ1n) is 7.99. The number of amides is 1. The Labute approximate surface area is 161 Å². The van der Waals surface area contributed by atoms with Crippen LogP contribution >= 0.6 is 28.3 Å². The highest BCUT2D eigenvalue weighted by atomic mass is 79.9. The van der Waals surface area contributed by atoms with Gasteiger partial charge in [0, 0.05) is 36.7 Å². The third-order valence-electron chi connectivity index (χ3n) is 4.17. The number of rotatable bonds is 6. The number of nitrogens with zero attached hydrogens (tertiary/aromatic N) is 2. The highest BCUT2D eigenvalue weighted by molar-refractivity contribution is 9.10. The lowest BCUT2D eigenvalue weighted by molar-refractivity contribution is -0.124. The third kappa shape index (κ3) is 5.20. The number of halogens is 2. The summed E-state index contributed by atoms with van der Waals surface area (Å²) in [6.45, 7) is 2.43. The van der Waals surface area contributed by atoms with Crippen molar-refractivity contribution in [2.24, 2.45) is 13.0 Å². The van der Waals surface area contributed by atoms with Crippen LogP contribution in [0.5, 0.6) is 5.75 Å². The minimum Gasteiger partial charge on any atom is -0.492 e. The van der Waals surface area contributed by atoms with Gasteiger partial charge in [-0.3, -0.25) is 9.48 Å². The highest BCUT2D eigenvalue weighted by Crippen LogP contribution is 2.27. The van der Waals surface area contributed by atoms with E-state index in [0.29, 0.717) is 19.7 Å². The number of carbonyl (C=O) groups excluding carboxylic acids is 1. The van der Waals surface area contributed by atoms with Crippen LogP contribution < -0.4 is 15.4 Å². The molecule has 0 radical (unpaired) electrons. The summed E-state index contributed by atoms with van der Waals surface area (Å²) in [5, 5.41) is 10.5. The van der Waals surface area contributed by atoms with Gasteiger partial charge in [-0.05, 0) is 23.8 Å². The largest absolute Gasteiger partial charge is 0.492 e. The van der Waals surface area contributed by atoms with Crippen molar-refractivity contribution >= 4 is 34.2 Å². The number of aromatic nitrogens is 2. The zero-order valence-electron chi connectivity index (χ0n) is 13.9. The number of nitrogens with one attached hydrogen (secondary N) is 2. The maximum absolute atomic E-state index is 12.5. The number of hydrogen-bond donors (Lipinski definition) is 2. The Hall–Kier alpha value is -1.57. The molecule has 0 unspecified atom stereocenters. The Balaban J connectivity index is 0.00000225. The Morgan fingerprint density at radius 3 is 3.04 bits per heavy atom. The highest BCUT2D eigenvalue weighted by Gasteiger charge is 2.34. The van der Waals surface area contributed by atoms with Crippen molar-refractivity contribution in [3.63, 3.8) is 0 Å². The molecule has 2 heterocycles. The van der Waals surface area contributed by atoms with E-state index < -0.39 is 0 Å². The average molecular weight is 430 g/mol. The van der Waals surface area contributed by atoms with Crippen LogP contribution in [0.4, 0.5) is 0 Å². The van der Waals surface area contributed by atoms with Gasteiger partial charge in [0.2, 0.25) is 5.91 Å². The molecule has 1 aliphatic heterocycles. The van der Waals surface area contributed by atoms with Gasteiger partial charge in [-0.1, -0.05) is 22.0 Å². The van der Waals surface area contributed by atoms with Gasteiger partial charge in [0.25, 0.3) is 0 Å². The molecule has 0 saturated carbocycles. The molecule has 25 heavy (non-hydrogen) atoms. The maximum atomic E-state index is 12.5. The van der Waals surface area contributed by atoms with Crippen LogP contribution in [0.1, 0.15) is 11.5 Å². The lowest BCUT2D eigenvalue weighted by Gasteiger charge is -2.17. The molecule has 2 atom stereocenters. The predicted molar refractivity (Wildman–Crippen MR) is 102 cm³/mol. The number of ether oxygens (including phenoxy) is 1. The Morgan fingerprint density at radius 1 is 1.48 bits per heavy atom. The summed E-state index contributed by atoms with van der Waals surface area (Å²) < 4.78 is 8.39. The molecule has 136 valence electrons. The minimum atomic E-state index is -0.0694. The number of carbonyl (C=O) groups is 1. The molecular weight excluding hydrogens is 408 g/mol. The van der Waals surface area contributed by atoms with E-state index in [0.717, 1.165) is 22.3 Å². The Bertz CT molecular complexity index is 709. The van der Waals surface area contributed by atoms with Gasteiger partial charge in [-0.2, -0.15) is 5.10 Å². The maximum Gasteiger partial charge on any atom is 0.225 e. The van der Waals surface area contributed by atoms with Crippen LogP contribution in [0, 0.1) is 5.92 Å². The molecule has 0 spiro atoms. The van der Waals surface area contributed by atoms with Crippen molar-refractivity contribution in [3.8, 4) is 5.75 Å². The second kappa shape index (κ2) is 9.22. The zero-order valence-corrected chi connectivity index (χ0v) is 16.3. The molecule has 1 aromatic carbocycles. The molecular formula is C17H22BrClN4O2. The third-order valence-corrected chi connectivity index (χ3v) is 4.66. The molecule has 0 bridgehead atoms. The first-order valence-corrected chi connectivity index (χ1v) is 8.78. The number of hydrogen-bond acceptors (Lipinski definition) is 4. The number of aryl methyl sites for hydroxylation is 1. The molecule has 1 aliphatic rings. The van der Waals surface area contributed by atoms with Crippen molar-refractivity contribution in [1.82, 2.24) is 20.4 Å². The minimum absolute atomic E-state index is 0. The fourth-order valence-electron chi connectivity index (χ4n) is 2.97. The summed E-state index contributed by atoms with van der Waals surface area (Å²) in [5.74, 6) is 0.950. The summed E-state index contributed by atoms with van der Waals surface area (Å²) in [7, 11) is 1.89. The first-order chi connectivity index (χ1) is 11.6. The van der Waals surface area contributed by atoms with Gasteiger partial charge in [0.15, 0.2) is 0 Å². The first kappa shape index (κ1) is 19.8. The summed E-state index contributed by atoms with van der Waals surface area (Å²) in [6, 6.07) is 7.66. The van der Waals surface area contributed by atoms with Gasteiger partial charge < -0.3 is 15.4 Å². The van der Waals surface area contributed by atoms with Crippen molar-refractivity contribution in [2.75, 3.05) is 26.2 Å². The normalized spacial score (nSPS) is 19.3.